The van der Waals surface area contributed by atoms with Gasteiger partial charge in [-0.25, -0.2) is 4.98 Å². The highest BCUT2D eigenvalue weighted by atomic mass is 32.1. The minimum Gasteiger partial charge on any atom is -0.385 e. The molecule has 4 heteroatoms. The number of hydrogen-bond donors (Lipinski definition) is 2. The number of thiazole rings is 1. The van der Waals surface area contributed by atoms with Crippen LogP contribution in [0.1, 0.15) is 54.7 Å². The summed E-state index contributed by atoms with van der Waals surface area (Å²) in [6.07, 6.45) is 0.419. The molecule has 2 N–H and O–H groups in total. The zero-order chi connectivity index (χ0) is 15.0. The van der Waals surface area contributed by atoms with Crippen LogP contribution >= 0.6 is 11.3 Å². The van der Waals surface area contributed by atoms with Crippen LogP contribution in [0.3, 0.4) is 0 Å². The average molecular weight is 302 g/mol. The Balaban J connectivity index is 1.89. The first-order valence-corrected chi connectivity index (χ1v) is 8.30. The summed E-state index contributed by atoms with van der Waals surface area (Å²) >= 11 is 1.63. The molecule has 1 aliphatic heterocycles. The van der Waals surface area contributed by atoms with Gasteiger partial charge in [0.15, 0.2) is 0 Å². The van der Waals surface area contributed by atoms with Gasteiger partial charge in [-0.1, -0.05) is 45.0 Å². The molecule has 0 amide bonds. The molecule has 0 fully saturated rings. The first-order chi connectivity index (χ1) is 9.97. The van der Waals surface area contributed by atoms with Gasteiger partial charge in [-0.2, -0.15) is 0 Å². The standard InChI is InChI=1S/C17H22N2OS/c1-17(2,3)16-19-13(10-21-16)15(20)14-12-7-5-4-6-11(12)8-9-18-14/h4-7,10,14-15,18,20H,8-9H2,1-3H3. The summed E-state index contributed by atoms with van der Waals surface area (Å²) in [5.74, 6) is 0. The lowest BCUT2D eigenvalue weighted by molar-refractivity contribution is 0.121. The van der Waals surface area contributed by atoms with Crippen LogP contribution in [0.5, 0.6) is 0 Å². The second-order valence-corrected chi connectivity index (χ2v) is 7.51. The average Bonchev–Trinajstić information content (AvgIpc) is 2.96. The molecule has 21 heavy (non-hydrogen) atoms. The van der Waals surface area contributed by atoms with Crippen molar-refractivity contribution >= 4 is 11.3 Å². The van der Waals surface area contributed by atoms with Crippen LogP contribution < -0.4 is 5.32 Å². The van der Waals surface area contributed by atoms with Gasteiger partial charge < -0.3 is 10.4 Å². The van der Waals surface area contributed by atoms with Gasteiger partial charge in [-0.3, -0.25) is 0 Å². The van der Waals surface area contributed by atoms with E-state index in [-0.39, 0.29) is 11.5 Å². The van der Waals surface area contributed by atoms with E-state index in [1.54, 1.807) is 11.3 Å². The van der Waals surface area contributed by atoms with Gasteiger partial charge >= 0.3 is 0 Å². The number of aromatic nitrogens is 1. The zero-order valence-corrected chi connectivity index (χ0v) is 13.6. The molecule has 1 aromatic heterocycles. The Morgan fingerprint density at radius 2 is 2.10 bits per heavy atom. The van der Waals surface area contributed by atoms with Crippen LogP contribution in [-0.2, 0) is 11.8 Å². The Hall–Kier alpha value is -1.23. The fraction of sp³-hybridized carbons (Fsp3) is 0.471. The fourth-order valence-electron chi connectivity index (χ4n) is 2.76. The molecule has 0 radical (unpaired) electrons. The number of benzene rings is 1. The topological polar surface area (TPSA) is 45.2 Å². The summed E-state index contributed by atoms with van der Waals surface area (Å²) in [5, 5.41) is 17.2. The van der Waals surface area contributed by atoms with Gasteiger partial charge in [-0.05, 0) is 24.1 Å². The summed E-state index contributed by atoms with van der Waals surface area (Å²) in [4.78, 5) is 4.66. The number of nitrogens with zero attached hydrogens (tertiary/aromatic N) is 1. The third-order valence-corrected chi connectivity index (χ3v) is 5.22. The molecule has 2 heterocycles. The summed E-state index contributed by atoms with van der Waals surface area (Å²) in [5.41, 5.74) is 3.33. The monoisotopic (exact) mass is 302 g/mol. The minimum atomic E-state index is -0.598. The molecular weight excluding hydrogens is 280 g/mol. The van der Waals surface area contributed by atoms with E-state index in [1.165, 1.54) is 11.1 Å². The van der Waals surface area contributed by atoms with Gasteiger partial charge in [-0.15, -0.1) is 11.3 Å². The van der Waals surface area contributed by atoms with Crippen molar-refractivity contribution < 1.29 is 5.11 Å². The molecule has 0 bridgehead atoms. The van der Waals surface area contributed by atoms with E-state index < -0.39 is 6.10 Å². The molecule has 2 aromatic rings. The van der Waals surface area contributed by atoms with Gasteiger partial charge in [0.25, 0.3) is 0 Å². The van der Waals surface area contributed by atoms with Crippen molar-refractivity contribution in [3.05, 3.63) is 51.5 Å². The van der Waals surface area contributed by atoms with Crippen LogP contribution in [0.2, 0.25) is 0 Å². The molecule has 2 atom stereocenters. The number of fused-ring (bicyclic) bond motifs is 1. The molecule has 3 rings (SSSR count). The van der Waals surface area contributed by atoms with E-state index in [1.807, 2.05) is 11.4 Å². The molecule has 0 spiro atoms. The minimum absolute atomic E-state index is 0.0283. The molecule has 1 aromatic carbocycles. The van der Waals surface area contributed by atoms with Crippen LogP contribution in [0, 0.1) is 0 Å². The molecule has 3 nitrogen and oxygen atoms in total. The first kappa shape index (κ1) is 14.7. The van der Waals surface area contributed by atoms with E-state index >= 15 is 0 Å². The Kier molecular flexibility index (Phi) is 3.86. The summed E-state index contributed by atoms with van der Waals surface area (Å²) in [7, 11) is 0. The third kappa shape index (κ3) is 2.89. The smallest absolute Gasteiger partial charge is 0.116 e. The zero-order valence-electron chi connectivity index (χ0n) is 12.8. The third-order valence-electron chi connectivity index (χ3n) is 3.93. The maximum absolute atomic E-state index is 10.8. The van der Waals surface area contributed by atoms with Gasteiger partial charge in [0.1, 0.15) is 6.10 Å². The van der Waals surface area contributed by atoms with Crippen molar-refractivity contribution in [1.82, 2.24) is 10.3 Å². The molecule has 2 unspecified atom stereocenters. The number of aliphatic hydroxyl groups excluding tert-OH is 1. The van der Waals surface area contributed by atoms with E-state index in [0.29, 0.717) is 0 Å². The molecule has 112 valence electrons. The first-order valence-electron chi connectivity index (χ1n) is 7.42. The molecule has 1 aliphatic rings. The van der Waals surface area contributed by atoms with Crippen LogP contribution in [0.25, 0.3) is 0 Å². The summed E-state index contributed by atoms with van der Waals surface area (Å²) in [6.45, 7) is 7.34. The van der Waals surface area contributed by atoms with E-state index in [4.69, 9.17) is 0 Å². The summed E-state index contributed by atoms with van der Waals surface area (Å²) < 4.78 is 0. The van der Waals surface area contributed by atoms with Crippen molar-refractivity contribution in [3.63, 3.8) is 0 Å². The predicted molar refractivity (Wildman–Crippen MR) is 86.7 cm³/mol. The quantitative estimate of drug-likeness (QED) is 0.894. The van der Waals surface area contributed by atoms with Gasteiger partial charge in [0.2, 0.25) is 0 Å². The van der Waals surface area contributed by atoms with E-state index in [9.17, 15) is 5.11 Å². The highest BCUT2D eigenvalue weighted by molar-refractivity contribution is 7.09. The molecule has 0 saturated carbocycles. The fourth-order valence-corrected chi connectivity index (χ4v) is 3.69. The largest absolute Gasteiger partial charge is 0.385 e. The Bertz CT molecular complexity index is 630. The van der Waals surface area contributed by atoms with E-state index in [2.05, 4.69) is 49.3 Å². The molecular formula is C17H22N2OS. The lowest BCUT2D eigenvalue weighted by Crippen LogP contribution is -2.34. The Morgan fingerprint density at radius 3 is 2.81 bits per heavy atom. The Labute approximate surface area is 130 Å². The van der Waals surface area contributed by atoms with Crippen LogP contribution in [-0.4, -0.2) is 16.6 Å². The van der Waals surface area contributed by atoms with Crippen molar-refractivity contribution in [3.8, 4) is 0 Å². The lowest BCUT2D eigenvalue weighted by atomic mass is 9.90. The van der Waals surface area contributed by atoms with Crippen molar-refractivity contribution in [2.45, 2.75) is 44.8 Å². The molecule has 0 saturated heterocycles. The molecule has 0 aliphatic carbocycles. The summed E-state index contributed by atoms with van der Waals surface area (Å²) in [6, 6.07) is 8.29. The number of rotatable bonds is 2. The Morgan fingerprint density at radius 1 is 1.33 bits per heavy atom. The van der Waals surface area contributed by atoms with Crippen molar-refractivity contribution in [2.75, 3.05) is 6.54 Å². The lowest BCUT2D eigenvalue weighted by Gasteiger charge is -2.30. The normalized spacial score (nSPS) is 20.1. The van der Waals surface area contributed by atoms with Crippen molar-refractivity contribution in [1.29, 1.82) is 0 Å². The predicted octanol–water partition coefficient (Wildman–Crippen LogP) is 3.36. The number of hydrogen-bond acceptors (Lipinski definition) is 4. The maximum Gasteiger partial charge on any atom is 0.116 e. The van der Waals surface area contributed by atoms with Gasteiger partial charge in [0, 0.05) is 10.8 Å². The second kappa shape index (κ2) is 5.52. The van der Waals surface area contributed by atoms with Crippen LogP contribution in [0.4, 0.5) is 0 Å². The van der Waals surface area contributed by atoms with Gasteiger partial charge in [0.05, 0.1) is 16.7 Å². The van der Waals surface area contributed by atoms with Crippen molar-refractivity contribution in [2.24, 2.45) is 0 Å². The maximum atomic E-state index is 10.8. The second-order valence-electron chi connectivity index (χ2n) is 6.65. The SMILES string of the molecule is CC(C)(C)c1nc(C(O)C2NCCc3ccccc32)cs1. The number of nitrogens with one attached hydrogen (secondary N) is 1. The van der Waals surface area contributed by atoms with E-state index in [0.717, 1.165) is 23.7 Å². The highest BCUT2D eigenvalue weighted by Gasteiger charge is 2.29. The van der Waals surface area contributed by atoms with Crippen LogP contribution in [0.15, 0.2) is 29.6 Å². The number of aliphatic hydroxyl groups is 1. The highest BCUT2D eigenvalue weighted by Crippen LogP contribution is 2.35.